The molecule has 2 aromatic carbocycles. The molecule has 0 saturated heterocycles. The molecule has 3 heteroatoms. The van der Waals surface area contributed by atoms with Gasteiger partial charge in [0.25, 0.3) is 0 Å². The number of nitrogens with zero attached hydrogens (tertiary/aromatic N) is 1. The second-order valence-electron chi connectivity index (χ2n) is 3.36. The molecule has 0 bridgehead atoms. The monoisotopic (exact) mass is 289 g/mol. The Labute approximate surface area is 107 Å². The molecular weight excluding hydrogens is 277 g/mol. The zero-order valence-corrected chi connectivity index (χ0v) is 11.1. The Morgan fingerprint density at radius 3 is 2.35 bits per heavy atom. The third-order valence-corrected chi connectivity index (χ3v) is 4.67. The van der Waals surface area contributed by atoms with Crippen molar-refractivity contribution in [1.82, 2.24) is 0 Å². The van der Waals surface area contributed by atoms with E-state index >= 15 is 0 Å². The van der Waals surface area contributed by atoms with Gasteiger partial charge in [0.2, 0.25) is 0 Å². The molecule has 0 unspecified atom stereocenters. The van der Waals surface area contributed by atoms with Gasteiger partial charge < -0.3 is 0 Å². The predicted molar refractivity (Wildman–Crippen MR) is 69.2 cm³/mol. The van der Waals surface area contributed by atoms with Gasteiger partial charge in [-0.1, -0.05) is 0 Å². The van der Waals surface area contributed by atoms with Crippen LogP contribution >= 0.6 is 0 Å². The van der Waals surface area contributed by atoms with Crippen LogP contribution in [0.15, 0.2) is 48.5 Å². The van der Waals surface area contributed by atoms with Crippen LogP contribution in [-0.2, 0) is 0 Å². The van der Waals surface area contributed by atoms with Crippen LogP contribution in [0.2, 0.25) is 0 Å². The minimum atomic E-state index is 0.0962. The molecule has 0 atom stereocenters. The number of hydrogen-bond acceptors (Lipinski definition) is 2. The average Bonchev–Trinajstić information content (AvgIpc) is 2.40. The van der Waals surface area contributed by atoms with Gasteiger partial charge in [-0.2, -0.15) is 0 Å². The summed E-state index contributed by atoms with van der Waals surface area (Å²) in [6.07, 6.45) is 0. The number of nitriles is 1. The zero-order chi connectivity index (χ0) is 12.1. The molecule has 0 aromatic heterocycles. The Kier molecular flexibility index (Phi) is 3.82. The van der Waals surface area contributed by atoms with Crippen LogP contribution in [0.25, 0.3) is 0 Å². The number of para-hydroxylation sites is 1. The molecule has 84 valence electrons. The van der Waals surface area contributed by atoms with Gasteiger partial charge in [0.15, 0.2) is 0 Å². The van der Waals surface area contributed by atoms with Gasteiger partial charge in [-0.05, 0) is 0 Å². The molecule has 2 aromatic rings. The summed E-state index contributed by atoms with van der Waals surface area (Å²) >= 11 is 0.0962. The number of ether oxygens (including phenoxy) is 1. The van der Waals surface area contributed by atoms with Crippen LogP contribution in [0, 0.1) is 11.3 Å². The molecule has 0 aliphatic rings. The van der Waals surface area contributed by atoms with Crippen LogP contribution in [0.4, 0.5) is 0 Å². The second kappa shape index (κ2) is 5.54. The quantitative estimate of drug-likeness (QED) is 0.796. The van der Waals surface area contributed by atoms with Gasteiger partial charge >= 0.3 is 107 Å². The second-order valence-corrected chi connectivity index (χ2v) is 5.63. The molecule has 0 fully saturated rings. The molecule has 0 amide bonds. The van der Waals surface area contributed by atoms with E-state index in [0.29, 0.717) is 0 Å². The van der Waals surface area contributed by atoms with Crippen LogP contribution in [0.3, 0.4) is 0 Å². The van der Waals surface area contributed by atoms with Crippen LogP contribution in [-0.4, -0.2) is 22.1 Å². The van der Waals surface area contributed by atoms with E-state index in [1.807, 2.05) is 48.5 Å². The zero-order valence-electron chi connectivity index (χ0n) is 9.38. The summed E-state index contributed by atoms with van der Waals surface area (Å²) in [5.41, 5.74) is 0.749. The summed E-state index contributed by atoms with van der Waals surface area (Å²) in [6, 6.07) is 17.9. The van der Waals surface area contributed by atoms with E-state index in [1.54, 1.807) is 7.11 Å². The van der Waals surface area contributed by atoms with Crippen molar-refractivity contribution in [1.29, 1.82) is 5.26 Å². The fourth-order valence-electron chi connectivity index (χ4n) is 1.47. The van der Waals surface area contributed by atoms with Gasteiger partial charge in [0.05, 0.1) is 0 Å². The van der Waals surface area contributed by atoms with E-state index < -0.39 is 0 Å². The van der Waals surface area contributed by atoms with E-state index in [1.165, 1.54) is 0 Å². The van der Waals surface area contributed by atoms with E-state index in [2.05, 4.69) is 6.07 Å². The van der Waals surface area contributed by atoms with E-state index in [0.717, 1.165) is 20.2 Å². The summed E-state index contributed by atoms with van der Waals surface area (Å²) in [6.45, 7) is 0. The van der Waals surface area contributed by atoms with Crippen molar-refractivity contribution in [2.45, 2.75) is 0 Å². The van der Waals surface area contributed by atoms with Crippen LogP contribution in [0.5, 0.6) is 5.75 Å². The first-order chi connectivity index (χ1) is 8.35. The van der Waals surface area contributed by atoms with Crippen molar-refractivity contribution in [2.24, 2.45) is 0 Å². The first kappa shape index (κ1) is 11.7. The van der Waals surface area contributed by atoms with E-state index in [-0.39, 0.29) is 15.0 Å². The maximum atomic E-state index is 9.05. The molecule has 2 nitrogen and oxygen atoms in total. The number of benzene rings is 2. The van der Waals surface area contributed by atoms with Gasteiger partial charge in [-0.25, -0.2) is 0 Å². The molecule has 0 N–H and O–H groups in total. The van der Waals surface area contributed by atoms with Gasteiger partial charge in [-0.3, -0.25) is 0 Å². The van der Waals surface area contributed by atoms with E-state index in [9.17, 15) is 0 Å². The maximum absolute atomic E-state index is 9.05. The van der Waals surface area contributed by atoms with Gasteiger partial charge in [-0.15, -0.1) is 0 Å². The average molecular weight is 288 g/mol. The molecule has 0 heterocycles. The molecule has 2 rings (SSSR count). The summed E-state index contributed by atoms with van der Waals surface area (Å²) in [4.78, 5) is 0. The molecule has 0 spiro atoms. The molecule has 0 saturated carbocycles. The first-order valence-electron chi connectivity index (χ1n) is 5.15. The third kappa shape index (κ3) is 2.68. The Balaban J connectivity index is 2.35. The SMILES string of the molecule is COc1ccccc1[Se]c1ccccc1C#N. The standard InChI is InChI=1S/C14H11NOSe/c1-16-12-7-3-5-9-14(12)17-13-8-4-2-6-11(13)10-15/h2-9H,1H3. The van der Waals surface area contributed by atoms with Crippen molar-refractivity contribution in [3.8, 4) is 11.8 Å². The normalized spacial score (nSPS) is 9.65. The molecule has 0 aliphatic heterocycles. The topological polar surface area (TPSA) is 33.0 Å². The fraction of sp³-hybridized carbons (Fsp3) is 0.0714. The Morgan fingerprint density at radius 2 is 1.65 bits per heavy atom. The number of rotatable bonds is 3. The summed E-state index contributed by atoms with van der Waals surface area (Å²) in [7, 11) is 1.67. The number of methoxy groups -OCH3 is 1. The van der Waals surface area contributed by atoms with E-state index in [4.69, 9.17) is 10.00 Å². The van der Waals surface area contributed by atoms with Gasteiger partial charge in [0.1, 0.15) is 0 Å². The third-order valence-electron chi connectivity index (χ3n) is 2.30. The minimum absolute atomic E-state index is 0.0962. The summed E-state index contributed by atoms with van der Waals surface area (Å²) in [5.74, 6) is 0.889. The van der Waals surface area contributed by atoms with Crippen molar-refractivity contribution in [3.05, 3.63) is 54.1 Å². The Morgan fingerprint density at radius 1 is 1.00 bits per heavy atom. The molecule has 17 heavy (non-hydrogen) atoms. The Bertz CT molecular complexity index is 560. The van der Waals surface area contributed by atoms with Crippen molar-refractivity contribution in [3.63, 3.8) is 0 Å². The summed E-state index contributed by atoms with van der Waals surface area (Å²) < 4.78 is 7.57. The van der Waals surface area contributed by atoms with Crippen LogP contribution < -0.4 is 13.7 Å². The number of hydrogen-bond donors (Lipinski definition) is 0. The molecular formula is C14H11NOSe. The Hall–Kier alpha value is -1.75. The van der Waals surface area contributed by atoms with Crippen molar-refractivity contribution >= 4 is 23.9 Å². The fourth-order valence-corrected chi connectivity index (χ4v) is 3.58. The molecule has 0 radical (unpaired) electrons. The molecule has 0 aliphatic carbocycles. The van der Waals surface area contributed by atoms with Crippen LogP contribution in [0.1, 0.15) is 5.56 Å². The predicted octanol–water partition coefficient (Wildman–Crippen LogP) is 1.22. The van der Waals surface area contributed by atoms with Crippen molar-refractivity contribution in [2.75, 3.05) is 7.11 Å². The first-order valence-corrected chi connectivity index (χ1v) is 6.86. The van der Waals surface area contributed by atoms with Gasteiger partial charge in [0, 0.05) is 0 Å². The summed E-state index contributed by atoms with van der Waals surface area (Å²) in [5, 5.41) is 9.05. The van der Waals surface area contributed by atoms with Crippen molar-refractivity contribution < 1.29 is 4.74 Å².